The van der Waals surface area contributed by atoms with Crippen molar-refractivity contribution in [3.8, 4) is 5.75 Å². The molecule has 1 unspecified atom stereocenters. The average Bonchev–Trinajstić information content (AvgIpc) is 2.76. The van der Waals surface area contributed by atoms with Crippen molar-refractivity contribution >= 4 is 45.5 Å². The van der Waals surface area contributed by atoms with Crippen LogP contribution in [0.5, 0.6) is 5.75 Å². The number of methoxy groups -OCH3 is 1. The van der Waals surface area contributed by atoms with Crippen molar-refractivity contribution in [3.05, 3.63) is 24.3 Å². The lowest BCUT2D eigenvalue weighted by molar-refractivity contribution is 0.415. The minimum Gasteiger partial charge on any atom is -0.497 e. The van der Waals surface area contributed by atoms with Gasteiger partial charge in [0.15, 0.2) is 15.8 Å². The van der Waals surface area contributed by atoms with Crippen molar-refractivity contribution in [2.75, 3.05) is 24.7 Å². The van der Waals surface area contributed by atoms with E-state index < -0.39 is 15.1 Å². The molecule has 0 aliphatic carbocycles. The number of benzene rings is 1. The average molecular weight is 425 g/mol. The van der Waals surface area contributed by atoms with Gasteiger partial charge in [-0.25, -0.2) is 8.42 Å². The van der Waals surface area contributed by atoms with Gasteiger partial charge >= 0.3 is 0 Å². The molecule has 1 fully saturated rings. The number of nitrogens with one attached hydrogen (secondary N) is 1. The van der Waals surface area contributed by atoms with E-state index in [1.165, 1.54) is 0 Å². The minimum atomic E-state index is -2.97. The summed E-state index contributed by atoms with van der Waals surface area (Å²) in [5.74, 6) is 1.24. The van der Waals surface area contributed by atoms with Gasteiger partial charge in [0.1, 0.15) is 5.75 Å². The van der Waals surface area contributed by atoms with Crippen LogP contribution in [0.3, 0.4) is 0 Å². The molecule has 1 aromatic carbocycles. The van der Waals surface area contributed by atoms with Crippen molar-refractivity contribution < 1.29 is 13.2 Å². The molecule has 0 radical (unpaired) electrons. The van der Waals surface area contributed by atoms with Crippen LogP contribution in [0.2, 0.25) is 0 Å². The predicted molar refractivity (Wildman–Crippen MR) is 95.3 cm³/mol. The highest BCUT2D eigenvalue weighted by molar-refractivity contribution is 14.0. The quantitative estimate of drug-likeness (QED) is 0.435. The summed E-state index contributed by atoms with van der Waals surface area (Å²) < 4.78 is 28.4. The first-order chi connectivity index (χ1) is 9.51. The number of anilines is 1. The lowest BCUT2D eigenvalue weighted by Crippen LogP contribution is -2.26. The number of rotatable bonds is 4. The monoisotopic (exact) mass is 425 g/mol. The Kier molecular flexibility index (Phi) is 6.72. The van der Waals surface area contributed by atoms with Gasteiger partial charge in [0.2, 0.25) is 0 Å². The SMILES string of the molecule is COc1ccc(NC(N)=NCC2CCCS2(=O)=O)cc1.I. The Balaban J connectivity index is 0.00000220. The number of aliphatic imine (C=N–C) groups is 1. The molecule has 1 saturated heterocycles. The van der Waals surface area contributed by atoms with Crippen molar-refractivity contribution in [1.82, 2.24) is 0 Å². The van der Waals surface area contributed by atoms with Crippen LogP contribution in [0.15, 0.2) is 29.3 Å². The van der Waals surface area contributed by atoms with Crippen molar-refractivity contribution in [3.63, 3.8) is 0 Å². The lowest BCUT2D eigenvalue weighted by Gasteiger charge is -2.09. The van der Waals surface area contributed by atoms with Gasteiger partial charge in [-0.2, -0.15) is 0 Å². The highest BCUT2D eigenvalue weighted by Crippen LogP contribution is 2.20. The number of sulfone groups is 1. The molecule has 0 amide bonds. The molecule has 1 aromatic rings. The largest absolute Gasteiger partial charge is 0.497 e. The first-order valence-electron chi connectivity index (χ1n) is 6.44. The highest BCUT2D eigenvalue weighted by atomic mass is 127. The van der Waals surface area contributed by atoms with Gasteiger partial charge in [-0.1, -0.05) is 0 Å². The van der Waals surface area contributed by atoms with Crippen LogP contribution in [0.25, 0.3) is 0 Å². The molecule has 1 aliphatic heterocycles. The standard InChI is InChI=1S/C13H19N3O3S.HI/c1-19-11-6-4-10(5-7-11)16-13(14)15-9-12-3-2-8-20(12,17)18;/h4-7,12H,2-3,8-9H2,1H3,(H3,14,15,16);1H. The number of nitrogens with two attached hydrogens (primary N) is 1. The number of ether oxygens (including phenoxy) is 1. The summed E-state index contributed by atoms with van der Waals surface area (Å²) in [6.07, 6.45) is 1.38. The molecule has 6 nitrogen and oxygen atoms in total. The van der Waals surface area contributed by atoms with Crippen LogP contribution in [0.1, 0.15) is 12.8 Å². The molecule has 2 rings (SSSR count). The molecule has 118 valence electrons. The topological polar surface area (TPSA) is 93.8 Å². The van der Waals surface area contributed by atoms with Crippen LogP contribution in [-0.2, 0) is 9.84 Å². The molecule has 1 atom stereocenters. The summed E-state index contributed by atoms with van der Waals surface area (Å²) in [6, 6.07) is 7.23. The number of hydrogen-bond acceptors (Lipinski definition) is 4. The third-order valence-corrected chi connectivity index (χ3v) is 5.55. The number of guanidine groups is 1. The van der Waals surface area contributed by atoms with Crippen LogP contribution < -0.4 is 15.8 Å². The predicted octanol–water partition coefficient (Wildman–Crippen LogP) is 1.62. The highest BCUT2D eigenvalue weighted by Gasteiger charge is 2.30. The fourth-order valence-electron chi connectivity index (χ4n) is 2.13. The van der Waals surface area contributed by atoms with E-state index in [0.29, 0.717) is 12.8 Å². The zero-order valence-corrected chi connectivity index (χ0v) is 14.9. The summed E-state index contributed by atoms with van der Waals surface area (Å²) in [7, 11) is -1.37. The second-order valence-corrected chi connectivity index (χ2v) is 7.11. The Morgan fingerprint density at radius 3 is 2.62 bits per heavy atom. The molecule has 0 bridgehead atoms. The van der Waals surface area contributed by atoms with Gasteiger partial charge in [-0.15, -0.1) is 24.0 Å². The smallest absolute Gasteiger partial charge is 0.193 e. The van der Waals surface area contributed by atoms with Crippen LogP contribution >= 0.6 is 24.0 Å². The van der Waals surface area contributed by atoms with Gasteiger partial charge in [0, 0.05) is 5.69 Å². The summed E-state index contributed by atoms with van der Waals surface area (Å²) in [6.45, 7) is 0.220. The van der Waals surface area contributed by atoms with Gasteiger partial charge < -0.3 is 15.8 Å². The van der Waals surface area contributed by atoms with Gasteiger partial charge in [-0.05, 0) is 37.1 Å². The Hall–Kier alpha value is -1.03. The Morgan fingerprint density at radius 1 is 1.43 bits per heavy atom. The Morgan fingerprint density at radius 2 is 2.10 bits per heavy atom. The van der Waals surface area contributed by atoms with E-state index in [-0.39, 0.29) is 42.2 Å². The summed E-state index contributed by atoms with van der Waals surface area (Å²) in [5, 5.41) is 2.53. The van der Waals surface area contributed by atoms with E-state index in [4.69, 9.17) is 10.5 Å². The zero-order valence-electron chi connectivity index (χ0n) is 11.8. The molecule has 8 heteroatoms. The summed E-state index contributed by atoms with van der Waals surface area (Å²) >= 11 is 0. The van der Waals surface area contributed by atoms with Crippen LogP contribution in [0, 0.1) is 0 Å². The number of nitrogens with zero attached hydrogens (tertiary/aromatic N) is 1. The first-order valence-corrected chi connectivity index (χ1v) is 8.15. The third-order valence-electron chi connectivity index (χ3n) is 3.29. The molecule has 3 N–H and O–H groups in total. The number of hydrogen-bond donors (Lipinski definition) is 2. The molecule has 21 heavy (non-hydrogen) atoms. The zero-order chi connectivity index (χ0) is 14.6. The lowest BCUT2D eigenvalue weighted by atomic mass is 10.2. The maximum atomic E-state index is 11.7. The van der Waals surface area contributed by atoms with E-state index in [1.54, 1.807) is 19.2 Å². The van der Waals surface area contributed by atoms with E-state index >= 15 is 0 Å². The fraction of sp³-hybridized carbons (Fsp3) is 0.462. The van der Waals surface area contributed by atoms with E-state index in [0.717, 1.165) is 11.4 Å². The van der Waals surface area contributed by atoms with Crippen molar-refractivity contribution in [1.29, 1.82) is 0 Å². The van der Waals surface area contributed by atoms with Crippen molar-refractivity contribution in [2.24, 2.45) is 10.7 Å². The minimum absolute atomic E-state index is 0. The van der Waals surface area contributed by atoms with Gasteiger partial charge in [0.05, 0.1) is 24.7 Å². The normalized spacial score (nSPS) is 20.6. The van der Waals surface area contributed by atoms with Crippen LogP contribution in [-0.4, -0.2) is 39.0 Å². The van der Waals surface area contributed by atoms with E-state index in [9.17, 15) is 8.42 Å². The second kappa shape index (κ2) is 7.83. The Labute approximate surface area is 142 Å². The molecule has 0 aromatic heterocycles. The van der Waals surface area contributed by atoms with Crippen LogP contribution in [0.4, 0.5) is 5.69 Å². The molecule has 1 heterocycles. The summed E-state index contributed by atoms with van der Waals surface area (Å²) in [4.78, 5) is 4.11. The van der Waals surface area contributed by atoms with E-state index in [2.05, 4.69) is 10.3 Å². The van der Waals surface area contributed by atoms with E-state index in [1.807, 2.05) is 12.1 Å². The number of halogens is 1. The van der Waals surface area contributed by atoms with Crippen molar-refractivity contribution in [2.45, 2.75) is 18.1 Å². The Bertz CT molecular complexity index is 587. The second-order valence-electron chi connectivity index (χ2n) is 4.71. The first kappa shape index (κ1) is 18.0. The van der Waals surface area contributed by atoms with Gasteiger partial charge in [0.25, 0.3) is 0 Å². The fourth-order valence-corrected chi connectivity index (χ4v) is 3.86. The molecular weight excluding hydrogens is 405 g/mol. The molecule has 0 saturated carbocycles. The maximum Gasteiger partial charge on any atom is 0.193 e. The maximum absolute atomic E-state index is 11.7. The molecule has 1 aliphatic rings. The third kappa shape index (κ3) is 5.03. The molecular formula is C13H20IN3O3S. The molecule has 0 spiro atoms. The summed E-state index contributed by atoms with van der Waals surface area (Å²) in [5.41, 5.74) is 6.53. The van der Waals surface area contributed by atoms with Gasteiger partial charge in [-0.3, -0.25) is 4.99 Å².